The molecule has 0 spiro atoms. The third kappa shape index (κ3) is 4.48. The van der Waals surface area contributed by atoms with Crippen LogP contribution in [0.4, 0.5) is 19.0 Å². The molecule has 1 aliphatic heterocycles. The predicted molar refractivity (Wildman–Crippen MR) is 109 cm³/mol. The van der Waals surface area contributed by atoms with E-state index in [2.05, 4.69) is 20.2 Å². The summed E-state index contributed by atoms with van der Waals surface area (Å²) in [6, 6.07) is 7.27. The number of nitrogen functional groups attached to an aromatic ring is 1. The zero-order chi connectivity index (χ0) is 22.0. The molecule has 3 aromatic rings. The number of rotatable bonds is 5. The third-order valence-electron chi connectivity index (χ3n) is 5.54. The lowest BCUT2D eigenvalue weighted by atomic mass is 10.0. The van der Waals surface area contributed by atoms with Gasteiger partial charge in [-0.3, -0.25) is 19.1 Å². The maximum atomic E-state index is 12.9. The Balaban J connectivity index is 1.56. The number of amides is 1. The minimum absolute atomic E-state index is 0.233. The summed E-state index contributed by atoms with van der Waals surface area (Å²) < 4.78 is 40.3. The van der Waals surface area contributed by atoms with Crippen molar-refractivity contribution in [2.75, 3.05) is 25.4 Å². The monoisotopic (exact) mass is 432 g/mol. The summed E-state index contributed by atoms with van der Waals surface area (Å²) in [4.78, 5) is 22.9. The topological polar surface area (TPSA) is 88.5 Å². The molecule has 1 unspecified atom stereocenters. The van der Waals surface area contributed by atoms with Crippen molar-refractivity contribution in [3.8, 4) is 0 Å². The molecule has 1 amide bonds. The summed E-state index contributed by atoms with van der Waals surface area (Å²) in [5, 5.41) is 2.91. The van der Waals surface area contributed by atoms with E-state index < -0.39 is 11.9 Å². The highest BCUT2D eigenvalue weighted by molar-refractivity contribution is 5.93. The Kier molecular flexibility index (Phi) is 5.81. The smallest absolute Gasteiger partial charge is 0.383 e. The number of aromatic nitrogens is 3. The van der Waals surface area contributed by atoms with Crippen LogP contribution in [0.2, 0.25) is 0 Å². The first-order valence-corrected chi connectivity index (χ1v) is 10.1. The molecular formula is C21H23F3N6O. The SMILES string of the molecule is Nc1cnc2cccc(C(=O)NCC(c3ccc(C(F)(F)F)nc3)N3CCCCC3)n12. The van der Waals surface area contributed by atoms with E-state index in [-0.39, 0.29) is 18.5 Å². The summed E-state index contributed by atoms with van der Waals surface area (Å²) >= 11 is 0. The van der Waals surface area contributed by atoms with E-state index in [0.29, 0.717) is 22.7 Å². The number of likely N-dealkylation sites (tertiary alicyclic amines) is 1. The molecular weight excluding hydrogens is 409 g/mol. The van der Waals surface area contributed by atoms with Crippen molar-refractivity contribution < 1.29 is 18.0 Å². The zero-order valence-corrected chi connectivity index (χ0v) is 16.8. The molecule has 3 aromatic heterocycles. The first-order valence-electron chi connectivity index (χ1n) is 10.1. The van der Waals surface area contributed by atoms with E-state index >= 15 is 0 Å². The van der Waals surface area contributed by atoms with Crippen LogP contribution >= 0.6 is 0 Å². The van der Waals surface area contributed by atoms with Gasteiger partial charge in [0.15, 0.2) is 0 Å². The Morgan fingerprint density at radius 1 is 1.10 bits per heavy atom. The van der Waals surface area contributed by atoms with Crippen molar-refractivity contribution in [2.24, 2.45) is 0 Å². The summed E-state index contributed by atoms with van der Waals surface area (Å²) in [5.74, 6) is 0.0115. The Morgan fingerprint density at radius 3 is 2.55 bits per heavy atom. The highest BCUT2D eigenvalue weighted by atomic mass is 19.4. The van der Waals surface area contributed by atoms with Crippen LogP contribution in [0.5, 0.6) is 0 Å². The minimum Gasteiger partial charge on any atom is -0.383 e. The number of imidazole rings is 1. The van der Waals surface area contributed by atoms with Crippen molar-refractivity contribution in [2.45, 2.75) is 31.5 Å². The fourth-order valence-corrected chi connectivity index (χ4v) is 3.98. The van der Waals surface area contributed by atoms with Gasteiger partial charge in [0.25, 0.3) is 5.91 Å². The molecule has 1 aliphatic rings. The van der Waals surface area contributed by atoms with Crippen LogP contribution in [0.25, 0.3) is 5.65 Å². The van der Waals surface area contributed by atoms with Crippen LogP contribution in [0.15, 0.2) is 42.7 Å². The van der Waals surface area contributed by atoms with Crippen molar-refractivity contribution in [3.63, 3.8) is 0 Å². The number of nitrogens with one attached hydrogen (secondary N) is 1. The van der Waals surface area contributed by atoms with Crippen molar-refractivity contribution in [1.82, 2.24) is 24.6 Å². The van der Waals surface area contributed by atoms with Crippen molar-refractivity contribution in [3.05, 3.63) is 59.7 Å². The van der Waals surface area contributed by atoms with Gasteiger partial charge in [0.2, 0.25) is 0 Å². The van der Waals surface area contributed by atoms with Gasteiger partial charge in [-0.15, -0.1) is 0 Å². The van der Waals surface area contributed by atoms with Gasteiger partial charge in [-0.2, -0.15) is 13.2 Å². The standard InChI is InChI=1S/C21H23F3N6O/c22-21(23,24)17-8-7-14(11-26-17)16(29-9-2-1-3-10-29)12-28-20(31)15-5-4-6-19-27-13-18(25)30(15)19/h4-8,11,13,16H,1-3,9-10,12,25H2,(H,28,31). The lowest BCUT2D eigenvalue weighted by molar-refractivity contribution is -0.141. The highest BCUT2D eigenvalue weighted by Crippen LogP contribution is 2.29. The Labute approximate surface area is 177 Å². The molecule has 1 saturated heterocycles. The molecule has 1 fully saturated rings. The second-order valence-electron chi connectivity index (χ2n) is 7.58. The van der Waals surface area contributed by atoms with E-state index in [0.717, 1.165) is 38.4 Å². The minimum atomic E-state index is -4.49. The van der Waals surface area contributed by atoms with Crippen LogP contribution < -0.4 is 11.1 Å². The maximum absolute atomic E-state index is 12.9. The molecule has 0 bridgehead atoms. The first-order chi connectivity index (χ1) is 14.8. The van der Waals surface area contributed by atoms with E-state index in [1.165, 1.54) is 18.5 Å². The normalized spacial score (nSPS) is 16.4. The number of pyridine rings is 2. The molecule has 3 N–H and O–H groups in total. The average Bonchev–Trinajstić information content (AvgIpc) is 3.15. The number of carbonyl (C=O) groups is 1. The van der Waals surface area contributed by atoms with Crippen molar-refractivity contribution in [1.29, 1.82) is 0 Å². The molecule has 0 aromatic carbocycles. The second-order valence-corrected chi connectivity index (χ2v) is 7.58. The van der Waals surface area contributed by atoms with Crippen LogP contribution in [-0.4, -0.2) is 44.8 Å². The predicted octanol–water partition coefficient (Wildman–Crippen LogP) is 3.29. The maximum Gasteiger partial charge on any atom is 0.433 e. The molecule has 31 heavy (non-hydrogen) atoms. The largest absolute Gasteiger partial charge is 0.433 e. The highest BCUT2D eigenvalue weighted by Gasteiger charge is 2.33. The van der Waals surface area contributed by atoms with Gasteiger partial charge in [0, 0.05) is 12.7 Å². The van der Waals surface area contributed by atoms with Gasteiger partial charge in [0.1, 0.15) is 22.9 Å². The molecule has 10 heteroatoms. The van der Waals surface area contributed by atoms with Gasteiger partial charge in [0.05, 0.1) is 12.2 Å². The number of piperidine rings is 1. The number of halogens is 3. The summed E-state index contributed by atoms with van der Waals surface area (Å²) in [6.07, 6.45) is 1.37. The number of nitrogens with two attached hydrogens (primary N) is 1. The number of alkyl halides is 3. The molecule has 1 atom stereocenters. The zero-order valence-electron chi connectivity index (χ0n) is 16.8. The van der Waals surface area contributed by atoms with E-state index in [1.807, 2.05) is 0 Å². The number of anilines is 1. The summed E-state index contributed by atoms with van der Waals surface area (Å²) in [6.45, 7) is 1.86. The first kappa shape index (κ1) is 21.1. The fraction of sp³-hybridized carbons (Fsp3) is 0.381. The van der Waals surface area contributed by atoms with Crippen LogP contribution in [0, 0.1) is 0 Å². The third-order valence-corrected chi connectivity index (χ3v) is 5.54. The van der Waals surface area contributed by atoms with Gasteiger partial charge in [-0.1, -0.05) is 18.6 Å². The Bertz CT molecular complexity index is 1060. The molecule has 0 aliphatic carbocycles. The van der Waals surface area contributed by atoms with E-state index in [9.17, 15) is 18.0 Å². The summed E-state index contributed by atoms with van der Waals surface area (Å²) in [7, 11) is 0. The lowest BCUT2D eigenvalue weighted by Crippen LogP contribution is -2.41. The molecule has 4 rings (SSSR count). The average molecular weight is 432 g/mol. The van der Waals surface area contributed by atoms with Gasteiger partial charge >= 0.3 is 6.18 Å². The molecule has 4 heterocycles. The second kappa shape index (κ2) is 8.54. The van der Waals surface area contributed by atoms with Gasteiger partial charge in [-0.25, -0.2) is 4.98 Å². The van der Waals surface area contributed by atoms with Crippen molar-refractivity contribution >= 4 is 17.4 Å². The fourth-order valence-electron chi connectivity index (χ4n) is 3.98. The molecule has 164 valence electrons. The van der Waals surface area contributed by atoms with Crippen LogP contribution in [0.1, 0.15) is 47.1 Å². The summed E-state index contributed by atoms with van der Waals surface area (Å²) in [5.41, 5.74) is 6.55. The van der Waals surface area contributed by atoms with Gasteiger partial charge in [-0.05, 0) is 49.7 Å². The number of nitrogens with zero attached hydrogens (tertiary/aromatic N) is 4. The van der Waals surface area contributed by atoms with Gasteiger partial charge < -0.3 is 11.1 Å². The molecule has 0 radical (unpaired) electrons. The quantitative estimate of drug-likeness (QED) is 0.646. The van der Waals surface area contributed by atoms with E-state index in [4.69, 9.17) is 5.73 Å². The number of hydrogen-bond donors (Lipinski definition) is 2. The number of hydrogen-bond acceptors (Lipinski definition) is 5. The molecule has 0 saturated carbocycles. The lowest BCUT2D eigenvalue weighted by Gasteiger charge is -2.35. The Morgan fingerprint density at radius 2 is 1.87 bits per heavy atom. The van der Waals surface area contributed by atoms with E-state index in [1.54, 1.807) is 22.6 Å². The number of fused-ring (bicyclic) bond motifs is 1. The van der Waals surface area contributed by atoms with Crippen LogP contribution in [-0.2, 0) is 6.18 Å². The van der Waals surface area contributed by atoms with Crippen LogP contribution in [0.3, 0.4) is 0 Å². The molecule has 7 nitrogen and oxygen atoms in total. The number of carbonyl (C=O) groups excluding carboxylic acids is 1. The Hall–Kier alpha value is -3.14.